The molecule has 0 fully saturated rings. The number of fused-ring (bicyclic) bond motifs is 1. The molecule has 53 heavy (non-hydrogen) atoms. The number of anilines is 1. The van der Waals surface area contributed by atoms with Gasteiger partial charge in [0, 0.05) is 18.5 Å². The largest absolute Gasteiger partial charge is 0.489 e. The molecule has 0 aliphatic rings. The molecule has 4 N–H and O–H groups in total. The molecule has 0 unspecified atom stereocenters. The summed E-state index contributed by atoms with van der Waals surface area (Å²) >= 11 is 0. The van der Waals surface area contributed by atoms with Crippen molar-refractivity contribution >= 4 is 40.2 Å². The number of unbranched alkanes of at least 4 members (excludes halogenated alkanes) is 2. The quantitative estimate of drug-likeness (QED) is 0.0416. The van der Waals surface area contributed by atoms with E-state index in [0.717, 1.165) is 34.7 Å². The molecule has 0 saturated carbocycles. The SMILES string of the molecule is C=CCCCCC(=O)OC[C@H](NC(=O)[C@@H](CC=C)CC(=O)N[C@H](CO)Cc1ccc(OCc2ccccc2)cc1)C(=O)Nc1ccc2ccccc2c1. The molecule has 0 heterocycles. The summed E-state index contributed by atoms with van der Waals surface area (Å²) in [7, 11) is 0. The Morgan fingerprint density at radius 3 is 2.23 bits per heavy atom. The van der Waals surface area contributed by atoms with Gasteiger partial charge < -0.3 is 30.5 Å². The second-order valence-corrected chi connectivity index (χ2v) is 12.8. The fourth-order valence-electron chi connectivity index (χ4n) is 5.68. The highest BCUT2D eigenvalue weighted by molar-refractivity contribution is 5.99. The standard InChI is InChI=1S/C43H49N3O7/c1-3-5-6-10-18-41(49)53-30-39(43(51)45-36-22-21-33-16-11-12-17-34(33)26-36)46-42(50)35(13-4-2)27-40(48)44-37(28-47)25-31-19-23-38(24-20-31)52-29-32-14-8-7-9-15-32/h3-4,7-9,11-12,14-17,19-24,26,35,37,39,47H,1-2,5-6,10,13,18,25,27-30H2,(H,44,48)(H,45,51)(H,46,50)/t35-,37-,39-/m0/s1. The molecule has 0 aromatic heterocycles. The van der Waals surface area contributed by atoms with Gasteiger partial charge in [0.25, 0.3) is 5.91 Å². The number of allylic oxidation sites excluding steroid dienone is 2. The van der Waals surface area contributed by atoms with E-state index in [4.69, 9.17) is 9.47 Å². The number of carbonyl (C=O) groups excluding carboxylic acids is 4. The number of aliphatic hydroxyl groups is 1. The Labute approximate surface area is 311 Å². The predicted octanol–water partition coefficient (Wildman–Crippen LogP) is 6.43. The summed E-state index contributed by atoms with van der Waals surface area (Å²) in [4.78, 5) is 52.8. The van der Waals surface area contributed by atoms with E-state index in [-0.39, 0.29) is 32.5 Å². The van der Waals surface area contributed by atoms with Gasteiger partial charge in [0.05, 0.1) is 18.6 Å². The topological polar surface area (TPSA) is 143 Å². The van der Waals surface area contributed by atoms with Gasteiger partial charge in [-0.1, -0.05) is 84.9 Å². The number of esters is 1. The van der Waals surface area contributed by atoms with E-state index in [9.17, 15) is 24.3 Å². The fourth-order valence-corrected chi connectivity index (χ4v) is 5.68. The highest BCUT2D eigenvalue weighted by Crippen LogP contribution is 2.20. The van der Waals surface area contributed by atoms with E-state index >= 15 is 0 Å². The summed E-state index contributed by atoms with van der Waals surface area (Å²) in [6.07, 6.45) is 5.91. The number of ether oxygens (including phenoxy) is 2. The van der Waals surface area contributed by atoms with Crippen molar-refractivity contribution in [2.75, 3.05) is 18.5 Å². The number of hydrogen-bond donors (Lipinski definition) is 4. The first kappa shape index (κ1) is 40.0. The Hall–Kier alpha value is -5.74. The van der Waals surface area contributed by atoms with Gasteiger partial charge in [-0.05, 0) is 78.3 Å². The minimum atomic E-state index is -1.23. The number of amides is 3. The van der Waals surface area contributed by atoms with Crippen LogP contribution in [0.3, 0.4) is 0 Å². The average Bonchev–Trinajstić information content (AvgIpc) is 3.17. The lowest BCUT2D eigenvalue weighted by atomic mass is 9.98. The minimum Gasteiger partial charge on any atom is -0.489 e. The van der Waals surface area contributed by atoms with Crippen molar-refractivity contribution in [3.63, 3.8) is 0 Å². The fraction of sp³-hybridized carbons (Fsp3) is 0.302. The van der Waals surface area contributed by atoms with Crippen molar-refractivity contribution in [1.29, 1.82) is 0 Å². The maximum atomic E-state index is 13.6. The molecule has 0 bridgehead atoms. The number of benzene rings is 4. The molecule has 10 nitrogen and oxygen atoms in total. The van der Waals surface area contributed by atoms with Crippen LogP contribution in [0.2, 0.25) is 0 Å². The molecule has 4 aromatic rings. The molecule has 0 saturated heterocycles. The van der Waals surface area contributed by atoms with Gasteiger partial charge in [-0.25, -0.2) is 0 Å². The third-order valence-corrected chi connectivity index (χ3v) is 8.59. The van der Waals surface area contributed by atoms with Crippen LogP contribution in [-0.2, 0) is 36.9 Å². The van der Waals surface area contributed by atoms with Crippen LogP contribution in [0.15, 0.2) is 122 Å². The zero-order valence-corrected chi connectivity index (χ0v) is 30.0. The van der Waals surface area contributed by atoms with E-state index in [1.165, 1.54) is 6.08 Å². The summed E-state index contributed by atoms with van der Waals surface area (Å²) in [6.45, 7) is 7.16. The Bertz CT molecular complexity index is 1810. The molecule has 3 amide bonds. The van der Waals surface area contributed by atoms with Crippen LogP contribution < -0.4 is 20.7 Å². The second kappa shape index (κ2) is 21.6. The number of aliphatic hydroxyl groups excluding tert-OH is 1. The minimum absolute atomic E-state index is 0.148. The Balaban J connectivity index is 1.35. The first-order valence-corrected chi connectivity index (χ1v) is 17.9. The number of hydrogen-bond acceptors (Lipinski definition) is 7. The summed E-state index contributed by atoms with van der Waals surface area (Å²) < 4.78 is 11.3. The number of rotatable bonds is 22. The highest BCUT2D eigenvalue weighted by Gasteiger charge is 2.28. The van der Waals surface area contributed by atoms with Crippen LogP contribution in [0.4, 0.5) is 5.69 Å². The van der Waals surface area contributed by atoms with E-state index in [0.29, 0.717) is 30.9 Å². The van der Waals surface area contributed by atoms with Crippen LogP contribution in [0.5, 0.6) is 5.75 Å². The summed E-state index contributed by atoms with van der Waals surface area (Å²) in [5.74, 6) is -2.27. The van der Waals surface area contributed by atoms with Gasteiger partial charge in [0.2, 0.25) is 11.8 Å². The van der Waals surface area contributed by atoms with E-state index in [1.807, 2.05) is 91.0 Å². The summed E-state index contributed by atoms with van der Waals surface area (Å²) in [5.41, 5.74) is 2.44. The van der Waals surface area contributed by atoms with Crippen LogP contribution in [0, 0.1) is 5.92 Å². The third kappa shape index (κ3) is 13.7. The Morgan fingerprint density at radius 2 is 1.51 bits per heavy atom. The van der Waals surface area contributed by atoms with E-state index in [2.05, 4.69) is 29.1 Å². The van der Waals surface area contributed by atoms with Crippen LogP contribution in [0.25, 0.3) is 10.8 Å². The van der Waals surface area contributed by atoms with Crippen molar-refractivity contribution in [3.05, 3.63) is 133 Å². The molecule has 278 valence electrons. The van der Waals surface area contributed by atoms with Gasteiger partial charge in [0.15, 0.2) is 0 Å². The third-order valence-electron chi connectivity index (χ3n) is 8.59. The predicted molar refractivity (Wildman–Crippen MR) is 207 cm³/mol. The smallest absolute Gasteiger partial charge is 0.305 e. The maximum Gasteiger partial charge on any atom is 0.305 e. The molecule has 0 radical (unpaired) electrons. The zero-order valence-electron chi connectivity index (χ0n) is 30.0. The van der Waals surface area contributed by atoms with Gasteiger partial charge in [-0.3, -0.25) is 19.2 Å². The van der Waals surface area contributed by atoms with Crippen molar-refractivity contribution in [2.45, 2.75) is 63.6 Å². The Morgan fingerprint density at radius 1 is 0.774 bits per heavy atom. The lowest BCUT2D eigenvalue weighted by Crippen LogP contribution is -2.49. The number of carbonyl (C=O) groups is 4. The van der Waals surface area contributed by atoms with Crippen molar-refractivity contribution in [3.8, 4) is 5.75 Å². The normalized spacial score (nSPS) is 12.5. The van der Waals surface area contributed by atoms with Gasteiger partial charge >= 0.3 is 5.97 Å². The van der Waals surface area contributed by atoms with Crippen LogP contribution in [0.1, 0.15) is 49.7 Å². The molecular formula is C43H49N3O7. The lowest BCUT2D eigenvalue weighted by molar-refractivity contribution is -0.146. The van der Waals surface area contributed by atoms with Crippen molar-refractivity contribution in [2.24, 2.45) is 5.92 Å². The van der Waals surface area contributed by atoms with Crippen molar-refractivity contribution in [1.82, 2.24) is 10.6 Å². The average molecular weight is 720 g/mol. The van der Waals surface area contributed by atoms with Gasteiger partial charge in [0.1, 0.15) is 25.0 Å². The molecule has 4 rings (SSSR count). The summed E-state index contributed by atoms with van der Waals surface area (Å²) in [5, 5.41) is 20.3. The molecule has 0 spiro atoms. The van der Waals surface area contributed by atoms with Crippen molar-refractivity contribution < 1.29 is 33.8 Å². The van der Waals surface area contributed by atoms with Crippen LogP contribution in [-0.4, -0.2) is 54.1 Å². The Kier molecular flexibility index (Phi) is 16.3. The number of nitrogens with one attached hydrogen (secondary N) is 3. The monoisotopic (exact) mass is 719 g/mol. The first-order chi connectivity index (χ1) is 25.8. The van der Waals surface area contributed by atoms with Crippen LogP contribution >= 0.6 is 0 Å². The van der Waals surface area contributed by atoms with Gasteiger partial charge in [-0.15, -0.1) is 13.2 Å². The molecule has 10 heteroatoms. The molecule has 0 aliphatic heterocycles. The highest BCUT2D eigenvalue weighted by atomic mass is 16.5. The molecular weight excluding hydrogens is 670 g/mol. The van der Waals surface area contributed by atoms with E-state index < -0.39 is 41.7 Å². The second-order valence-electron chi connectivity index (χ2n) is 12.8. The van der Waals surface area contributed by atoms with Gasteiger partial charge in [-0.2, -0.15) is 0 Å². The first-order valence-electron chi connectivity index (χ1n) is 17.9. The summed E-state index contributed by atoms with van der Waals surface area (Å²) in [6, 6.07) is 28.6. The molecule has 3 atom stereocenters. The lowest BCUT2D eigenvalue weighted by Gasteiger charge is -2.23. The molecule has 4 aromatic carbocycles. The van der Waals surface area contributed by atoms with E-state index in [1.54, 1.807) is 12.1 Å². The zero-order chi connectivity index (χ0) is 37.8. The maximum absolute atomic E-state index is 13.6. The molecule has 0 aliphatic carbocycles.